The number of benzene rings is 2. The first kappa shape index (κ1) is 17.6. The van der Waals surface area contributed by atoms with Crippen LogP contribution in [0.5, 0.6) is 0 Å². The molecule has 27 heavy (non-hydrogen) atoms. The lowest BCUT2D eigenvalue weighted by molar-refractivity contribution is 0.236. The Hall–Kier alpha value is -2.80. The first-order valence-electron chi connectivity index (χ1n) is 8.74. The summed E-state index contributed by atoms with van der Waals surface area (Å²) in [5.41, 5.74) is 2.71. The van der Waals surface area contributed by atoms with Crippen molar-refractivity contribution in [2.24, 2.45) is 0 Å². The Morgan fingerprint density at radius 1 is 1.26 bits per heavy atom. The molecule has 5 nitrogen and oxygen atoms in total. The minimum Gasteiger partial charge on any atom is -0.334 e. The molecule has 138 valence electrons. The molecule has 0 saturated heterocycles. The smallest absolute Gasteiger partial charge is 0.315 e. The molecule has 0 bridgehead atoms. The summed E-state index contributed by atoms with van der Waals surface area (Å²) in [5, 5.41) is 10.1. The van der Waals surface area contributed by atoms with Crippen molar-refractivity contribution >= 4 is 17.8 Å². The molecule has 1 aliphatic heterocycles. The van der Waals surface area contributed by atoms with Crippen molar-refractivity contribution in [1.82, 2.24) is 20.4 Å². The summed E-state index contributed by atoms with van der Waals surface area (Å²) in [6.45, 7) is 0.371. The van der Waals surface area contributed by atoms with Crippen molar-refractivity contribution in [3.63, 3.8) is 0 Å². The molecular weight excluding hydrogens is 363 g/mol. The number of carbonyl (C=O) groups excluding carboxylic acids is 1. The number of rotatable bonds is 4. The second-order valence-corrected chi connectivity index (χ2v) is 7.46. The monoisotopic (exact) mass is 382 g/mol. The third-order valence-electron chi connectivity index (χ3n) is 4.43. The van der Waals surface area contributed by atoms with Gasteiger partial charge in [0.25, 0.3) is 0 Å². The number of halogens is 1. The van der Waals surface area contributed by atoms with Gasteiger partial charge in [0.15, 0.2) is 0 Å². The molecule has 7 heteroatoms. The minimum atomic E-state index is -0.281. The Morgan fingerprint density at radius 3 is 2.96 bits per heavy atom. The zero-order chi connectivity index (χ0) is 18.6. The molecule has 0 fully saturated rings. The molecule has 0 unspecified atom stereocenters. The summed E-state index contributed by atoms with van der Waals surface area (Å²) < 4.78 is 15.3. The third-order valence-corrected chi connectivity index (χ3v) is 5.55. The molecule has 0 spiro atoms. The van der Waals surface area contributed by atoms with Crippen molar-refractivity contribution in [2.75, 3.05) is 5.75 Å². The van der Waals surface area contributed by atoms with E-state index in [4.69, 9.17) is 0 Å². The molecule has 0 radical (unpaired) electrons. The van der Waals surface area contributed by atoms with Gasteiger partial charge >= 0.3 is 6.03 Å². The van der Waals surface area contributed by atoms with Crippen LogP contribution in [0.3, 0.4) is 0 Å². The normalized spacial score (nSPS) is 15.8. The number of thioether (sulfide) groups is 1. The van der Waals surface area contributed by atoms with Crippen LogP contribution in [0, 0.1) is 5.82 Å². The summed E-state index contributed by atoms with van der Waals surface area (Å²) in [4.78, 5) is 13.3. The lowest BCUT2D eigenvalue weighted by atomic mass is 10.0. The Morgan fingerprint density at radius 2 is 2.11 bits per heavy atom. The number of hydrogen-bond donors (Lipinski definition) is 2. The van der Waals surface area contributed by atoms with Gasteiger partial charge in [-0.2, -0.15) is 5.10 Å². The maximum atomic E-state index is 13.6. The summed E-state index contributed by atoms with van der Waals surface area (Å²) in [6.07, 6.45) is 4.40. The molecule has 0 saturated carbocycles. The van der Waals surface area contributed by atoms with Crippen LogP contribution in [0.15, 0.2) is 65.8 Å². The predicted molar refractivity (Wildman–Crippen MR) is 103 cm³/mol. The van der Waals surface area contributed by atoms with Gasteiger partial charge in [0, 0.05) is 29.0 Å². The standard InChI is InChI=1S/C20H19FN4OS/c21-15-6-7-19-17(10-15)18(8-9-27-19)24-20(26)22-11-14-12-23-25(13-14)16-4-2-1-3-5-16/h1-7,10,12-13,18H,8-9,11H2,(H2,22,24,26)/t18-/m0/s1. The quantitative estimate of drug-likeness (QED) is 0.716. The van der Waals surface area contributed by atoms with Crippen LogP contribution in [-0.4, -0.2) is 21.6 Å². The fourth-order valence-corrected chi connectivity index (χ4v) is 4.19. The number of para-hydroxylation sites is 1. The number of nitrogens with zero attached hydrogens (tertiary/aromatic N) is 2. The highest BCUT2D eigenvalue weighted by atomic mass is 32.2. The molecule has 2 amide bonds. The van der Waals surface area contributed by atoms with Crippen molar-refractivity contribution in [3.05, 3.63) is 77.9 Å². The predicted octanol–water partition coefficient (Wildman–Crippen LogP) is 4.05. The highest BCUT2D eigenvalue weighted by molar-refractivity contribution is 7.99. The van der Waals surface area contributed by atoms with Gasteiger partial charge < -0.3 is 10.6 Å². The second-order valence-electron chi connectivity index (χ2n) is 6.33. The third kappa shape index (κ3) is 4.14. The molecule has 2 aromatic carbocycles. The van der Waals surface area contributed by atoms with E-state index in [0.717, 1.165) is 33.9 Å². The number of aromatic nitrogens is 2. The largest absolute Gasteiger partial charge is 0.334 e. The van der Waals surface area contributed by atoms with Gasteiger partial charge in [0.1, 0.15) is 5.82 Å². The molecule has 1 aromatic heterocycles. The van der Waals surface area contributed by atoms with E-state index in [1.54, 1.807) is 28.7 Å². The molecule has 2 heterocycles. The minimum absolute atomic E-state index is 0.177. The number of urea groups is 1. The van der Waals surface area contributed by atoms with E-state index in [-0.39, 0.29) is 17.9 Å². The molecule has 1 aliphatic rings. The van der Waals surface area contributed by atoms with E-state index >= 15 is 0 Å². The molecule has 3 aromatic rings. The van der Waals surface area contributed by atoms with E-state index in [1.165, 1.54) is 12.1 Å². The first-order chi connectivity index (χ1) is 13.2. The maximum Gasteiger partial charge on any atom is 0.315 e. The summed E-state index contributed by atoms with van der Waals surface area (Å²) in [5.74, 6) is 0.615. The van der Waals surface area contributed by atoms with Gasteiger partial charge in [0.05, 0.1) is 17.9 Å². The number of hydrogen-bond acceptors (Lipinski definition) is 3. The Balaban J connectivity index is 1.36. The SMILES string of the molecule is O=C(NCc1cnn(-c2ccccc2)c1)N[C@H]1CCSc2ccc(F)cc21. The highest BCUT2D eigenvalue weighted by Gasteiger charge is 2.22. The maximum absolute atomic E-state index is 13.6. The topological polar surface area (TPSA) is 59.0 Å². The highest BCUT2D eigenvalue weighted by Crippen LogP contribution is 2.36. The van der Waals surface area contributed by atoms with Crippen LogP contribution in [0.2, 0.25) is 0 Å². The van der Waals surface area contributed by atoms with E-state index < -0.39 is 0 Å². The first-order valence-corrected chi connectivity index (χ1v) is 9.73. The summed E-state index contributed by atoms with van der Waals surface area (Å²) in [7, 11) is 0. The van der Waals surface area contributed by atoms with Crippen molar-refractivity contribution in [1.29, 1.82) is 0 Å². The van der Waals surface area contributed by atoms with Crippen LogP contribution in [-0.2, 0) is 6.54 Å². The molecular formula is C20H19FN4OS. The van der Waals surface area contributed by atoms with Crippen molar-refractivity contribution < 1.29 is 9.18 Å². The lowest BCUT2D eigenvalue weighted by Crippen LogP contribution is -2.38. The fourth-order valence-electron chi connectivity index (χ4n) is 3.08. The van der Waals surface area contributed by atoms with Gasteiger partial charge in [-0.05, 0) is 42.3 Å². The molecule has 0 aliphatic carbocycles. The summed E-state index contributed by atoms with van der Waals surface area (Å²) in [6, 6.07) is 14.1. The molecule has 2 N–H and O–H groups in total. The van der Waals surface area contributed by atoms with E-state index in [0.29, 0.717) is 6.54 Å². The lowest BCUT2D eigenvalue weighted by Gasteiger charge is -2.26. The second kappa shape index (κ2) is 7.84. The zero-order valence-electron chi connectivity index (χ0n) is 14.6. The number of amides is 2. The van der Waals surface area contributed by atoms with Gasteiger partial charge in [-0.15, -0.1) is 11.8 Å². The van der Waals surface area contributed by atoms with Crippen LogP contribution in [0.1, 0.15) is 23.6 Å². The van der Waals surface area contributed by atoms with Crippen LogP contribution >= 0.6 is 11.8 Å². The van der Waals surface area contributed by atoms with Crippen LogP contribution in [0.4, 0.5) is 9.18 Å². The fraction of sp³-hybridized carbons (Fsp3) is 0.200. The molecule has 1 atom stereocenters. The van der Waals surface area contributed by atoms with Crippen molar-refractivity contribution in [2.45, 2.75) is 23.9 Å². The Labute approximate surface area is 161 Å². The summed E-state index contributed by atoms with van der Waals surface area (Å²) >= 11 is 1.69. The average Bonchev–Trinajstić information content (AvgIpc) is 3.17. The zero-order valence-corrected chi connectivity index (χ0v) is 15.4. The van der Waals surface area contributed by atoms with Gasteiger partial charge in [-0.1, -0.05) is 18.2 Å². The van der Waals surface area contributed by atoms with Gasteiger partial charge in [0.2, 0.25) is 0 Å². The Kier molecular flexibility index (Phi) is 5.11. The van der Waals surface area contributed by atoms with E-state index in [9.17, 15) is 9.18 Å². The Bertz CT molecular complexity index is 944. The van der Waals surface area contributed by atoms with Crippen LogP contribution < -0.4 is 10.6 Å². The van der Waals surface area contributed by atoms with Gasteiger partial charge in [-0.3, -0.25) is 0 Å². The number of nitrogens with one attached hydrogen (secondary N) is 2. The van der Waals surface area contributed by atoms with Crippen LogP contribution in [0.25, 0.3) is 5.69 Å². The number of fused-ring (bicyclic) bond motifs is 1. The van der Waals surface area contributed by atoms with E-state index in [2.05, 4.69) is 15.7 Å². The average molecular weight is 382 g/mol. The van der Waals surface area contributed by atoms with Crippen molar-refractivity contribution in [3.8, 4) is 5.69 Å². The van der Waals surface area contributed by atoms with E-state index in [1.807, 2.05) is 36.5 Å². The number of carbonyl (C=O) groups is 1. The van der Waals surface area contributed by atoms with Gasteiger partial charge in [-0.25, -0.2) is 13.9 Å². The molecule has 4 rings (SSSR count).